The van der Waals surface area contributed by atoms with Crippen molar-refractivity contribution in [2.24, 2.45) is 7.05 Å². The zero-order valence-electron chi connectivity index (χ0n) is 11.7. The van der Waals surface area contributed by atoms with Crippen LogP contribution in [0.15, 0.2) is 33.9 Å². The molecule has 0 aliphatic rings. The molecule has 2 aromatic rings. The Morgan fingerprint density at radius 1 is 1.43 bits per heavy atom. The highest BCUT2D eigenvalue weighted by Gasteiger charge is 2.15. The summed E-state index contributed by atoms with van der Waals surface area (Å²) in [5.41, 5.74) is 1.14. The summed E-state index contributed by atoms with van der Waals surface area (Å²) in [5, 5.41) is 17.5. The first-order valence-electron chi connectivity index (χ1n) is 6.17. The van der Waals surface area contributed by atoms with Crippen molar-refractivity contribution in [1.82, 2.24) is 14.8 Å². The second-order valence-electron chi connectivity index (χ2n) is 4.47. The number of rotatable bonds is 6. The highest BCUT2D eigenvalue weighted by molar-refractivity contribution is 9.10. The average molecular weight is 371 g/mol. The zero-order valence-corrected chi connectivity index (χ0v) is 14.1. The van der Waals surface area contributed by atoms with Gasteiger partial charge >= 0.3 is 5.97 Å². The van der Waals surface area contributed by atoms with Crippen molar-refractivity contribution >= 4 is 39.6 Å². The third-order valence-electron chi connectivity index (χ3n) is 2.84. The maximum Gasteiger partial charge on any atom is 0.313 e. The molecule has 8 heteroatoms. The molecule has 1 N–H and O–H groups in total. The van der Waals surface area contributed by atoms with E-state index in [0.29, 0.717) is 17.6 Å². The van der Waals surface area contributed by atoms with Crippen LogP contribution in [0.3, 0.4) is 0 Å². The van der Waals surface area contributed by atoms with E-state index in [1.54, 1.807) is 4.57 Å². The first-order chi connectivity index (χ1) is 9.99. The number of thioether (sulfide) groups is 1. The fraction of sp³-hybridized carbons (Fsp3) is 0.308. The van der Waals surface area contributed by atoms with Gasteiger partial charge in [-0.3, -0.25) is 9.36 Å². The average Bonchev–Trinajstić information content (AvgIpc) is 2.80. The lowest BCUT2D eigenvalue weighted by Crippen LogP contribution is -2.20. The summed E-state index contributed by atoms with van der Waals surface area (Å²) in [6, 6.07) is 7.99. The van der Waals surface area contributed by atoms with E-state index in [-0.39, 0.29) is 5.75 Å². The number of aromatic nitrogens is 3. The van der Waals surface area contributed by atoms with Crippen LogP contribution >= 0.6 is 27.7 Å². The molecule has 0 amide bonds. The van der Waals surface area contributed by atoms with Gasteiger partial charge in [-0.15, -0.1) is 10.2 Å². The van der Waals surface area contributed by atoms with Crippen molar-refractivity contribution in [3.63, 3.8) is 0 Å². The van der Waals surface area contributed by atoms with Gasteiger partial charge in [0.2, 0.25) is 5.95 Å². The minimum Gasteiger partial charge on any atom is -0.481 e. The molecule has 1 aromatic carbocycles. The number of anilines is 1. The summed E-state index contributed by atoms with van der Waals surface area (Å²) in [6.45, 7) is 0.678. The zero-order chi connectivity index (χ0) is 15.4. The van der Waals surface area contributed by atoms with E-state index in [4.69, 9.17) is 5.11 Å². The Labute approximate surface area is 135 Å². The third kappa shape index (κ3) is 3.98. The number of nitrogens with zero attached hydrogens (tertiary/aromatic N) is 4. The second-order valence-corrected chi connectivity index (χ2v) is 6.27. The highest BCUT2D eigenvalue weighted by atomic mass is 79.9. The molecule has 1 aromatic heterocycles. The van der Waals surface area contributed by atoms with Crippen LogP contribution in [0.5, 0.6) is 0 Å². The third-order valence-corrected chi connectivity index (χ3v) is 4.62. The summed E-state index contributed by atoms with van der Waals surface area (Å²) in [6.07, 6.45) is 0. The van der Waals surface area contributed by atoms with Gasteiger partial charge in [0.1, 0.15) is 0 Å². The van der Waals surface area contributed by atoms with Gasteiger partial charge in [-0.2, -0.15) is 0 Å². The Hall–Kier alpha value is -1.54. The fourth-order valence-electron chi connectivity index (χ4n) is 1.84. The van der Waals surface area contributed by atoms with E-state index in [9.17, 15) is 4.79 Å². The summed E-state index contributed by atoms with van der Waals surface area (Å²) >= 11 is 4.68. The van der Waals surface area contributed by atoms with Crippen LogP contribution in [0.2, 0.25) is 0 Å². The van der Waals surface area contributed by atoms with Crippen LogP contribution in [0.1, 0.15) is 5.56 Å². The van der Waals surface area contributed by atoms with Gasteiger partial charge in [0.15, 0.2) is 5.16 Å². The molecule has 0 atom stereocenters. The Kier molecular flexibility index (Phi) is 5.24. The number of aliphatic carboxylic acids is 1. The lowest BCUT2D eigenvalue weighted by molar-refractivity contribution is -0.133. The highest BCUT2D eigenvalue weighted by Crippen LogP contribution is 2.22. The molecule has 1 heterocycles. The van der Waals surface area contributed by atoms with Crippen LogP contribution in [0, 0.1) is 0 Å². The summed E-state index contributed by atoms with van der Waals surface area (Å²) in [7, 11) is 3.76. The molecule has 0 aliphatic carbocycles. The van der Waals surface area contributed by atoms with Crippen molar-refractivity contribution in [2.75, 3.05) is 17.7 Å². The van der Waals surface area contributed by atoms with Crippen molar-refractivity contribution in [3.8, 4) is 0 Å². The molecule has 0 saturated heterocycles. The SMILES string of the molecule is CN(Cc1ccccc1Br)c1nnc(SCC(=O)O)n1C. The molecular weight excluding hydrogens is 356 g/mol. The first kappa shape index (κ1) is 15.8. The fourth-order valence-corrected chi connectivity index (χ4v) is 2.88. The van der Waals surface area contributed by atoms with Gasteiger partial charge in [-0.1, -0.05) is 45.9 Å². The number of benzene rings is 1. The van der Waals surface area contributed by atoms with E-state index in [0.717, 1.165) is 21.8 Å². The number of hydrogen-bond donors (Lipinski definition) is 1. The molecule has 0 fully saturated rings. The monoisotopic (exact) mass is 370 g/mol. The maximum absolute atomic E-state index is 10.6. The standard InChI is InChI=1S/C13H15BrN4O2S/c1-17(7-9-5-3-4-6-10(9)14)12-15-16-13(18(12)2)21-8-11(19)20/h3-6H,7-8H2,1-2H3,(H,19,20). The van der Waals surface area contributed by atoms with Gasteiger partial charge in [-0.25, -0.2) is 0 Å². The summed E-state index contributed by atoms with van der Waals surface area (Å²) in [5.74, 6) is -0.204. The Bertz CT molecular complexity index is 647. The normalized spacial score (nSPS) is 10.6. The van der Waals surface area contributed by atoms with E-state index in [1.807, 2.05) is 43.3 Å². The summed E-state index contributed by atoms with van der Waals surface area (Å²) < 4.78 is 2.84. The van der Waals surface area contributed by atoms with E-state index >= 15 is 0 Å². The minimum absolute atomic E-state index is 0.0279. The van der Waals surface area contributed by atoms with Gasteiger partial charge < -0.3 is 10.0 Å². The van der Waals surface area contributed by atoms with Crippen LogP contribution in [-0.2, 0) is 18.4 Å². The Morgan fingerprint density at radius 2 is 2.14 bits per heavy atom. The van der Waals surface area contributed by atoms with Crippen molar-refractivity contribution in [3.05, 3.63) is 34.3 Å². The van der Waals surface area contributed by atoms with Gasteiger partial charge in [0.25, 0.3) is 0 Å². The van der Waals surface area contributed by atoms with Crippen LogP contribution in [0.4, 0.5) is 5.95 Å². The Balaban J connectivity index is 2.11. The molecule has 0 unspecified atom stereocenters. The lowest BCUT2D eigenvalue weighted by atomic mass is 10.2. The van der Waals surface area contributed by atoms with Crippen molar-refractivity contribution in [1.29, 1.82) is 0 Å². The second kappa shape index (κ2) is 6.95. The predicted molar refractivity (Wildman–Crippen MR) is 85.6 cm³/mol. The molecule has 2 rings (SSSR count). The van der Waals surface area contributed by atoms with Crippen molar-refractivity contribution < 1.29 is 9.90 Å². The van der Waals surface area contributed by atoms with E-state index < -0.39 is 5.97 Å². The molecule has 0 bridgehead atoms. The van der Waals surface area contributed by atoms with E-state index in [2.05, 4.69) is 26.1 Å². The molecule has 0 aliphatic heterocycles. The van der Waals surface area contributed by atoms with Crippen LogP contribution in [0.25, 0.3) is 0 Å². The molecule has 0 spiro atoms. The minimum atomic E-state index is -0.869. The lowest BCUT2D eigenvalue weighted by Gasteiger charge is -2.18. The predicted octanol–water partition coefficient (Wildman–Crippen LogP) is 2.39. The number of halogens is 1. The molecule has 6 nitrogen and oxygen atoms in total. The van der Waals surface area contributed by atoms with Crippen molar-refractivity contribution in [2.45, 2.75) is 11.7 Å². The van der Waals surface area contributed by atoms with E-state index in [1.165, 1.54) is 0 Å². The van der Waals surface area contributed by atoms with Crippen LogP contribution < -0.4 is 4.90 Å². The quantitative estimate of drug-likeness (QED) is 0.787. The molecular formula is C13H15BrN4O2S. The number of hydrogen-bond acceptors (Lipinski definition) is 5. The number of carboxylic acid groups (broad SMARTS) is 1. The number of carbonyl (C=O) groups is 1. The molecule has 0 saturated carbocycles. The molecule has 0 radical (unpaired) electrons. The van der Waals surface area contributed by atoms with Gasteiger partial charge in [-0.05, 0) is 11.6 Å². The van der Waals surface area contributed by atoms with Gasteiger partial charge in [0.05, 0.1) is 5.75 Å². The Morgan fingerprint density at radius 3 is 2.81 bits per heavy atom. The molecule has 112 valence electrons. The smallest absolute Gasteiger partial charge is 0.313 e. The molecule has 21 heavy (non-hydrogen) atoms. The maximum atomic E-state index is 10.6. The van der Waals surface area contributed by atoms with Crippen LogP contribution in [-0.4, -0.2) is 38.6 Å². The topological polar surface area (TPSA) is 71.2 Å². The largest absolute Gasteiger partial charge is 0.481 e. The van der Waals surface area contributed by atoms with Gasteiger partial charge in [0, 0.05) is 25.1 Å². The first-order valence-corrected chi connectivity index (χ1v) is 7.95. The number of carboxylic acids is 1. The summed E-state index contributed by atoms with van der Waals surface area (Å²) in [4.78, 5) is 12.6.